The van der Waals surface area contributed by atoms with Crippen LogP contribution < -0.4 is 53.2 Å². The summed E-state index contributed by atoms with van der Waals surface area (Å²) in [6.07, 6.45) is 36.6. The van der Waals surface area contributed by atoms with Crippen molar-refractivity contribution in [3.05, 3.63) is 38.0 Å². The fraction of sp³-hybridized carbons (Fsp3) is 0.780. The van der Waals surface area contributed by atoms with Gasteiger partial charge in [-0.15, -0.1) is 32.1 Å². The average Bonchev–Trinajstić information content (AvgIpc) is 1.53. The van der Waals surface area contributed by atoms with E-state index in [0.29, 0.717) is 69.0 Å². The normalized spacial score (nSPS) is 30.8. The van der Waals surface area contributed by atoms with Gasteiger partial charge in [-0.05, 0) is 262 Å². The Morgan fingerprint density at radius 1 is 0.461 bits per heavy atom. The lowest BCUT2D eigenvalue weighted by Crippen LogP contribution is -2.64. The third-order valence-electron chi connectivity index (χ3n) is 35.8. The zero-order valence-corrected chi connectivity index (χ0v) is 86.6. The van der Waals surface area contributed by atoms with Gasteiger partial charge < -0.3 is 82.1 Å². The summed E-state index contributed by atoms with van der Waals surface area (Å²) in [4.78, 5) is 220. The van der Waals surface area contributed by atoms with E-state index in [2.05, 4.69) is 141 Å². The summed E-state index contributed by atoms with van der Waals surface area (Å²) in [7, 11) is 0. The van der Waals surface area contributed by atoms with Crippen molar-refractivity contribution in [3.63, 3.8) is 0 Å². The molecule has 780 valence electrons. The van der Waals surface area contributed by atoms with E-state index in [0.717, 1.165) is 148 Å². The number of alkyl carbamates (subject to hydrolysis) is 2. The van der Waals surface area contributed by atoms with Crippen LogP contribution in [0.3, 0.4) is 0 Å². The highest BCUT2D eigenvalue weighted by molar-refractivity contribution is 6.39. The van der Waals surface area contributed by atoms with Gasteiger partial charge in [-0.1, -0.05) is 152 Å². The Morgan fingerprint density at radius 2 is 0.851 bits per heavy atom. The van der Waals surface area contributed by atoms with Gasteiger partial charge in [-0.3, -0.25) is 62.3 Å². The quantitative estimate of drug-likeness (QED) is 0.00682. The molecule has 0 aromatic rings. The summed E-state index contributed by atoms with van der Waals surface area (Å²) in [5, 5.41) is 28.5. The summed E-state index contributed by atoms with van der Waals surface area (Å²) in [5.74, 6) is -2.44. The Balaban J connectivity index is 0.000000178. The molecule has 3 heterocycles. The number of carbonyl (C=O) groups is 16. The van der Waals surface area contributed by atoms with Crippen molar-refractivity contribution < 1.29 is 90.9 Å². The maximum atomic E-state index is 14.6. The number of ether oxygens (including phenoxy) is 3. The van der Waals surface area contributed by atoms with E-state index < -0.39 is 137 Å². The SMILES string of the molecule is C#CCCNC(=O)C(=O)C(CCC=C)NC(=O)[C@@H]1[C@@H]2[C@H](CN1C(=O)[C@@H](NC(=O)NC13CC4CC(CC(C4)C1)C3)C1CCCCC1)C2(C)C.C=CCCC(NC(=O)[C@@H]1[C@@H]2[C@H](CN1C(=O)[C@@H](NC(=O)OC(C)(C)C)C1CCCCC1)C2(C)C)C(=O)C(=O)NCCC(=O)OC1(C)CC1.C=CCNC(=O)C(=O)C(CCC)NC(=O)[C@@H]1[C@@H]2[C@H](CN1C(=O)[C@@H](NC(=O)OC1C3(C)CCC(C3)C1(C)C)C1CCCCC1)C2(C)C. The number of fused-ring (bicyclic) bond motifs is 5. The van der Waals surface area contributed by atoms with Crippen molar-refractivity contribution in [2.24, 2.45) is 104 Å². The third-order valence-corrected chi connectivity index (χ3v) is 35.8. The molecular formula is C109H165N13O19. The van der Waals surface area contributed by atoms with Crippen LogP contribution in [0.25, 0.3) is 0 Å². The Kier molecular flexibility index (Phi) is 34.2. The molecule has 0 radical (unpaired) electrons. The smallest absolute Gasteiger partial charge is 0.408 e. The number of ketones is 3. The summed E-state index contributed by atoms with van der Waals surface area (Å²) >= 11 is 0. The zero-order chi connectivity index (χ0) is 103. The molecule has 32 heteroatoms. The van der Waals surface area contributed by atoms with Crippen LogP contribution >= 0.6 is 0 Å². The van der Waals surface area contributed by atoms with Gasteiger partial charge in [-0.25, -0.2) is 14.4 Å². The van der Waals surface area contributed by atoms with Gasteiger partial charge in [-0.2, -0.15) is 0 Å². The molecule has 141 heavy (non-hydrogen) atoms. The highest BCUT2D eigenvalue weighted by Gasteiger charge is 2.73. The van der Waals surface area contributed by atoms with Crippen molar-refractivity contribution in [3.8, 4) is 12.3 Å². The minimum atomic E-state index is -1.15. The zero-order valence-electron chi connectivity index (χ0n) is 86.6. The second kappa shape index (κ2) is 44.5. The third kappa shape index (κ3) is 24.8. The Bertz CT molecular complexity index is 4710. The molecule has 18 atom stereocenters. The van der Waals surface area contributed by atoms with Gasteiger partial charge in [0.2, 0.25) is 52.8 Å². The summed E-state index contributed by atoms with van der Waals surface area (Å²) in [5.41, 5.74) is -2.02. The lowest BCUT2D eigenvalue weighted by Gasteiger charge is -2.56. The van der Waals surface area contributed by atoms with Gasteiger partial charge in [0, 0.05) is 62.1 Å². The molecule has 6 unspecified atom stereocenters. The van der Waals surface area contributed by atoms with Crippen LogP contribution in [0.15, 0.2) is 38.0 Å². The molecule has 0 aromatic carbocycles. The number of hydrogen-bond acceptors (Lipinski definition) is 19. The van der Waals surface area contributed by atoms with Crippen molar-refractivity contribution >= 4 is 94.7 Å². The Labute approximate surface area is 835 Å². The van der Waals surface area contributed by atoms with Gasteiger partial charge >= 0.3 is 24.2 Å². The first kappa shape index (κ1) is 109. The predicted octanol–water partition coefficient (Wildman–Crippen LogP) is 11.9. The van der Waals surface area contributed by atoms with E-state index in [1.54, 1.807) is 47.6 Å². The number of nitrogens with one attached hydrogen (secondary N) is 10. The number of likely N-dealkylation sites (tertiary alicyclic amines) is 3. The van der Waals surface area contributed by atoms with E-state index >= 15 is 0 Å². The topological polar surface area (TPSA) is 431 Å². The molecule has 13 aliphatic carbocycles. The number of allylic oxidation sites excluding steroid dienone is 2. The summed E-state index contributed by atoms with van der Waals surface area (Å²) < 4.78 is 17.1. The van der Waals surface area contributed by atoms with E-state index in [9.17, 15) is 76.7 Å². The largest absolute Gasteiger partial charge is 0.459 e. The number of hydrogen-bond donors (Lipinski definition) is 10. The molecular weight excluding hydrogens is 1800 g/mol. The molecule has 16 rings (SSSR count). The van der Waals surface area contributed by atoms with Crippen molar-refractivity contribution in [1.29, 1.82) is 0 Å². The molecule has 16 fully saturated rings. The molecule has 0 spiro atoms. The number of nitrogens with zero attached hydrogens (tertiary/aromatic N) is 3. The fourth-order valence-electron chi connectivity index (χ4n) is 27.9. The minimum absolute atomic E-state index is 0.00404. The van der Waals surface area contributed by atoms with Crippen molar-refractivity contribution in [1.82, 2.24) is 67.9 Å². The first-order chi connectivity index (χ1) is 66.6. The first-order valence-electron chi connectivity index (χ1n) is 53.4. The molecule has 13 saturated carbocycles. The van der Waals surface area contributed by atoms with E-state index in [4.69, 9.17) is 20.6 Å². The summed E-state index contributed by atoms with van der Waals surface area (Å²) in [6.45, 7) is 40.6. The predicted molar refractivity (Wildman–Crippen MR) is 530 cm³/mol. The van der Waals surface area contributed by atoms with Crippen LogP contribution in [0, 0.1) is 116 Å². The number of carbonyl (C=O) groups excluding carboxylic acids is 16. The number of terminal acetylenes is 1. The van der Waals surface area contributed by atoms with E-state index in [1.807, 2.05) is 13.8 Å². The van der Waals surface area contributed by atoms with E-state index in [1.165, 1.54) is 25.3 Å². The number of esters is 1. The second-order valence-electron chi connectivity index (χ2n) is 48.5. The van der Waals surface area contributed by atoms with Gasteiger partial charge in [0.05, 0.1) is 24.5 Å². The maximum absolute atomic E-state index is 14.6. The van der Waals surface area contributed by atoms with Crippen LogP contribution in [0.5, 0.6) is 0 Å². The number of rotatable bonds is 39. The van der Waals surface area contributed by atoms with E-state index in [-0.39, 0.29) is 161 Å². The van der Waals surface area contributed by atoms with Crippen LogP contribution in [-0.4, -0.2) is 226 Å². The van der Waals surface area contributed by atoms with Crippen molar-refractivity contribution in [2.45, 2.75) is 392 Å². The number of amides is 13. The maximum Gasteiger partial charge on any atom is 0.408 e. The van der Waals surface area contributed by atoms with Gasteiger partial charge in [0.25, 0.3) is 17.7 Å². The molecule has 32 nitrogen and oxygen atoms in total. The minimum Gasteiger partial charge on any atom is -0.459 e. The van der Waals surface area contributed by atoms with Crippen molar-refractivity contribution in [2.75, 3.05) is 39.3 Å². The van der Waals surface area contributed by atoms with Gasteiger partial charge in [0.15, 0.2) is 0 Å². The molecule has 3 saturated heterocycles. The van der Waals surface area contributed by atoms with Crippen LogP contribution in [0.2, 0.25) is 0 Å². The highest BCUT2D eigenvalue weighted by atomic mass is 16.6. The second-order valence-corrected chi connectivity index (χ2v) is 48.5. The lowest BCUT2D eigenvalue weighted by atomic mass is 9.53. The lowest BCUT2D eigenvalue weighted by molar-refractivity contribution is -0.150. The molecule has 16 aliphatic rings. The monoisotopic (exact) mass is 1960 g/mol. The Morgan fingerprint density at radius 3 is 1.22 bits per heavy atom. The molecule has 0 aromatic heterocycles. The average molecular weight is 1960 g/mol. The summed E-state index contributed by atoms with van der Waals surface area (Å²) in [6, 6.07) is -8.28. The fourth-order valence-corrected chi connectivity index (χ4v) is 27.9. The molecule has 6 bridgehead atoms. The Hall–Kier alpha value is -9.70. The van der Waals surface area contributed by atoms with Gasteiger partial charge in [0.1, 0.15) is 53.6 Å². The standard InChI is InChI=1S/C38H55N5O5.C36H56N4O6.C35H54N4O8/c1-5-7-14-28(32(44)34(46)39-15-8-6-2)40-33(45)31-29-27(37(29,3)4)22-43(31)35(47)30(26-12-10-9-11-13-26)41-36(48)42-38-19-23-16-24(20-38)18-25(17-23)21-38;1-8-13-24(28(41)30(43)37-18-9-2)38-29(42)27-25-23(35(25,5)6)20-40(27)31(44)26(21-14-11-10-12-15-21)39-33(45)46-32-34(3,4)22-16-17-36(32,7)19-22;1-8-9-15-23(28(41)30(43)36-19-16-24(40)46-35(7)17-18-35)37-29(42)27-25-22(34(25,5)6)20-39(27)31(44)26(21-13-11-10-12-14-21)38-32(45)47-33(2,3)4/h2,5,23-31H,1,7-22H2,3-4H3,(H,39,46)(H,40,45)(H2,41,42,48);9,21-27,32H,2,8,10-20H2,1,3-7H3,(H,37,43)(H,38,42)(H,39,45);8,21-23,25-27H,1,9-20H2,2-7H3,(H,36,43)(H,37,42)(H,38,45)/t23?,24?,25?,27-,28?,29-,30-,31-,38?;22?,23-,24?,25-,26-,27-,32?,36?;22-,23?,25-,26-,27-/m000/s1. The first-order valence-corrected chi connectivity index (χ1v) is 53.4. The molecule has 10 N–H and O–H groups in total. The van der Waals surface area contributed by atoms with Crippen LogP contribution in [0.1, 0.15) is 315 Å². The molecule has 13 amide bonds. The molecule has 3 aliphatic heterocycles. The van der Waals surface area contributed by atoms with Crippen LogP contribution in [0.4, 0.5) is 14.4 Å². The number of Topliss-reactive ketones (excluding diaryl/α,β-unsaturated/α-hetero) is 3. The highest BCUT2D eigenvalue weighted by Crippen LogP contribution is 2.68. The number of piperidine rings is 3. The van der Waals surface area contributed by atoms with Crippen LogP contribution in [-0.2, 0) is 76.5 Å². The number of urea groups is 1.